The molecule has 0 aliphatic carbocycles. The van der Waals surface area contributed by atoms with Crippen molar-refractivity contribution in [1.29, 1.82) is 0 Å². The monoisotopic (exact) mass is 355 g/mol. The first kappa shape index (κ1) is 17.3. The zero-order chi connectivity index (χ0) is 18.5. The molecule has 3 rings (SSSR count). The van der Waals surface area contributed by atoms with Crippen LogP contribution in [0.25, 0.3) is 0 Å². The summed E-state index contributed by atoms with van der Waals surface area (Å²) in [5.41, 5.74) is 1.44. The third-order valence-corrected chi connectivity index (χ3v) is 3.62. The summed E-state index contributed by atoms with van der Waals surface area (Å²) < 4.78 is 10.7. The Morgan fingerprint density at radius 1 is 1.23 bits per heavy atom. The zero-order valence-corrected chi connectivity index (χ0v) is 14.0. The lowest BCUT2D eigenvalue weighted by atomic mass is 10.1. The molecule has 0 aromatic heterocycles. The van der Waals surface area contributed by atoms with Crippen LogP contribution in [0.2, 0.25) is 0 Å². The minimum absolute atomic E-state index is 0.0806. The number of anilines is 2. The average molecular weight is 355 g/mol. The number of fused-ring (bicyclic) bond motifs is 1. The van der Waals surface area contributed by atoms with Crippen molar-refractivity contribution in [1.82, 2.24) is 5.32 Å². The number of carbonyl (C=O) groups excluding carboxylic acids is 3. The average Bonchev–Trinajstić information content (AvgIpc) is 2.65. The Morgan fingerprint density at radius 3 is 2.88 bits per heavy atom. The van der Waals surface area contributed by atoms with E-state index in [-0.39, 0.29) is 30.9 Å². The molecule has 8 nitrogen and oxygen atoms in total. The molecule has 0 bridgehead atoms. The number of rotatable bonds is 5. The Bertz CT molecular complexity index is 866. The standard InChI is InChI=1S/C18H17N3O5/c1-19-16(22)9-25-13-4-2-3-12(8-13)20-18(24)11-5-6-14-15(7-11)26-10-17(23)21-14/h2-8H,9-10H2,1H3,(H,19,22)(H,20,24)(H,21,23). The van der Waals surface area contributed by atoms with Crippen molar-refractivity contribution in [2.75, 3.05) is 30.9 Å². The van der Waals surface area contributed by atoms with Gasteiger partial charge in [0.2, 0.25) is 0 Å². The maximum atomic E-state index is 12.4. The van der Waals surface area contributed by atoms with Gasteiger partial charge in [0, 0.05) is 24.4 Å². The largest absolute Gasteiger partial charge is 0.484 e. The second kappa shape index (κ2) is 7.56. The normalized spacial score (nSPS) is 12.3. The van der Waals surface area contributed by atoms with E-state index in [1.54, 1.807) is 42.5 Å². The van der Waals surface area contributed by atoms with Gasteiger partial charge in [0.1, 0.15) is 11.5 Å². The van der Waals surface area contributed by atoms with Crippen molar-refractivity contribution in [2.24, 2.45) is 0 Å². The van der Waals surface area contributed by atoms with Gasteiger partial charge in [-0.1, -0.05) is 6.07 Å². The van der Waals surface area contributed by atoms with Crippen molar-refractivity contribution >= 4 is 29.1 Å². The van der Waals surface area contributed by atoms with Gasteiger partial charge < -0.3 is 25.4 Å². The molecule has 0 atom stereocenters. The highest BCUT2D eigenvalue weighted by Crippen LogP contribution is 2.29. The highest BCUT2D eigenvalue weighted by molar-refractivity contribution is 6.05. The predicted octanol–water partition coefficient (Wildman–Crippen LogP) is 1.39. The summed E-state index contributed by atoms with van der Waals surface area (Å²) in [5, 5.41) is 7.88. The van der Waals surface area contributed by atoms with Gasteiger partial charge in [-0.25, -0.2) is 0 Å². The quantitative estimate of drug-likeness (QED) is 0.752. The first-order chi connectivity index (χ1) is 12.5. The number of hydrogen-bond donors (Lipinski definition) is 3. The predicted molar refractivity (Wildman–Crippen MR) is 94.5 cm³/mol. The summed E-state index contributed by atoms with van der Waals surface area (Å²) in [4.78, 5) is 34.9. The van der Waals surface area contributed by atoms with Gasteiger partial charge in [-0.2, -0.15) is 0 Å². The fourth-order valence-corrected chi connectivity index (χ4v) is 2.30. The lowest BCUT2D eigenvalue weighted by Crippen LogP contribution is -2.25. The molecule has 8 heteroatoms. The van der Waals surface area contributed by atoms with Crippen LogP contribution >= 0.6 is 0 Å². The number of hydrogen-bond acceptors (Lipinski definition) is 5. The van der Waals surface area contributed by atoms with Crippen molar-refractivity contribution in [3.63, 3.8) is 0 Å². The Kier molecular flexibility index (Phi) is 5.02. The second-order valence-corrected chi connectivity index (χ2v) is 5.49. The molecule has 0 saturated carbocycles. The molecule has 0 radical (unpaired) electrons. The molecule has 0 saturated heterocycles. The molecule has 26 heavy (non-hydrogen) atoms. The molecule has 1 heterocycles. The first-order valence-electron chi connectivity index (χ1n) is 7.86. The topological polar surface area (TPSA) is 106 Å². The lowest BCUT2D eigenvalue weighted by Gasteiger charge is -2.18. The molecule has 0 unspecified atom stereocenters. The van der Waals surface area contributed by atoms with E-state index >= 15 is 0 Å². The number of benzene rings is 2. The second-order valence-electron chi connectivity index (χ2n) is 5.49. The Morgan fingerprint density at radius 2 is 2.08 bits per heavy atom. The Balaban J connectivity index is 1.68. The van der Waals surface area contributed by atoms with Crippen LogP contribution in [0.1, 0.15) is 10.4 Å². The van der Waals surface area contributed by atoms with Gasteiger partial charge in [0.05, 0.1) is 5.69 Å². The molecule has 1 aliphatic heterocycles. The first-order valence-corrected chi connectivity index (χ1v) is 7.86. The van der Waals surface area contributed by atoms with Crippen LogP contribution in [0.3, 0.4) is 0 Å². The number of ether oxygens (including phenoxy) is 2. The molecule has 2 aromatic rings. The number of carbonyl (C=O) groups is 3. The van der Waals surface area contributed by atoms with E-state index in [2.05, 4.69) is 16.0 Å². The van der Waals surface area contributed by atoms with E-state index in [0.717, 1.165) is 0 Å². The van der Waals surface area contributed by atoms with Crippen LogP contribution in [0, 0.1) is 0 Å². The van der Waals surface area contributed by atoms with Crippen LogP contribution in [0.4, 0.5) is 11.4 Å². The summed E-state index contributed by atoms with van der Waals surface area (Å²) >= 11 is 0. The third-order valence-electron chi connectivity index (χ3n) is 3.62. The zero-order valence-electron chi connectivity index (χ0n) is 14.0. The van der Waals surface area contributed by atoms with Crippen molar-refractivity contribution < 1.29 is 23.9 Å². The number of nitrogens with one attached hydrogen (secondary N) is 3. The summed E-state index contributed by atoms with van der Waals surface area (Å²) in [7, 11) is 1.52. The summed E-state index contributed by atoms with van der Waals surface area (Å²) in [6, 6.07) is 11.5. The van der Waals surface area contributed by atoms with Gasteiger partial charge in [0.15, 0.2) is 13.2 Å². The summed E-state index contributed by atoms with van der Waals surface area (Å²) in [5.74, 6) is 0.0865. The van der Waals surface area contributed by atoms with Crippen LogP contribution in [0.5, 0.6) is 11.5 Å². The van der Waals surface area contributed by atoms with E-state index in [1.165, 1.54) is 7.05 Å². The molecule has 0 fully saturated rings. The fourth-order valence-electron chi connectivity index (χ4n) is 2.30. The van der Waals surface area contributed by atoms with Gasteiger partial charge in [-0.05, 0) is 30.3 Å². The SMILES string of the molecule is CNC(=O)COc1cccc(NC(=O)c2ccc3c(c2)OCC(=O)N3)c1. The molecular weight excluding hydrogens is 338 g/mol. The molecule has 0 spiro atoms. The van der Waals surface area contributed by atoms with Gasteiger partial charge in [-0.15, -0.1) is 0 Å². The molecule has 2 aromatic carbocycles. The van der Waals surface area contributed by atoms with Gasteiger partial charge in [0.25, 0.3) is 17.7 Å². The highest BCUT2D eigenvalue weighted by Gasteiger charge is 2.18. The molecule has 134 valence electrons. The van der Waals surface area contributed by atoms with Crippen LogP contribution in [-0.4, -0.2) is 38.0 Å². The number of amides is 3. The maximum Gasteiger partial charge on any atom is 0.262 e. The minimum Gasteiger partial charge on any atom is -0.484 e. The maximum absolute atomic E-state index is 12.4. The smallest absolute Gasteiger partial charge is 0.262 e. The summed E-state index contributed by atoms with van der Waals surface area (Å²) in [6.07, 6.45) is 0. The Labute approximate surface area is 149 Å². The van der Waals surface area contributed by atoms with E-state index in [0.29, 0.717) is 28.4 Å². The van der Waals surface area contributed by atoms with Crippen molar-refractivity contribution in [3.8, 4) is 11.5 Å². The van der Waals surface area contributed by atoms with Gasteiger partial charge in [-0.3, -0.25) is 14.4 Å². The third kappa shape index (κ3) is 4.10. The van der Waals surface area contributed by atoms with E-state index < -0.39 is 0 Å². The van der Waals surface area contributed by atoms with Crippen LogP contribution in [0.15, 0.2) is 42.5 Å². The minimum atomic E-state index is -0.336. The molecular formula is C18H17N3O5. The fraction of sp³-hybridized carbons (Fsp3) is 0.167. The van der Waals surface area contributed by atoms with Crippen molar-refractivity contribution in [3.05, 3.63) is 48.0 Å². The van der Waals surface area contributed by atoms with Crippen LogP contribution < -0.4 is 25.4 Å². The number of likely N-dealkylation sites (N-methyl/N-ethyl adjacent to an activating group) is 1. The Hall–Kier alpha value is -3.55. The van der Waals surface area contributed by atoms with E-state index in [4.69, 9.17) is 9.47 Å². The summed E-state index contributed by atoms with van der Waals surface area (Å²) in [6.45, 7) is -0.190. The van der Waals surface area contributed by atoms with E-state index in [9.17, 15) is 14.4 Å². The van der Waals surface area contributed by atoms with Crippen molar-refractivity contribution in [2.45, 2.75) is 0 Å². The van der Waals surface area contributed by atoms with Crippen LogP contribution in [-0.2, 0) is 9.59 Å². The van der Waals surface area contributed by atoms with Gasteiger partial charge >= 0.3 is 0 Å². The van der Waals surface area contributed by atoms with E-state index in [1.807, 2.05) is 0 Å². The molecule has 1 aliphatic rings. The lowest BCUT2D eigenvalue weighted by molar-refractivity contribution is -0.122. The molecule has 3 N–H and O–H groups in total. The highest BCUT2D eigenvalue weighted by atomic mass is 16.5. The molecule has 3 amide bonds.